The van der Waals surface area contributed by atoms with Gasteiger partial charge in [0.1, 0.15) is 17.3 Å². The van der Waals surface area contributed by atoms with E-state index in [-0.39, 0.29) is 10.7 Å². The van der Waals surface area contributed by atoms with Crippen LogP contribution in [0.15, 0.2) is 29.2 Å². The molecule has 0 spiro atoms. The van der Waals surface area contributed by atoms with Gasteiger partial charge in [0.25, 0.3) is 11.1 Å². The van der Waals surface area contributed by atoms with Crippen LogP contribution in [-0.2, 0) is 16.0 Å². The summed E-state index contributed by atoms with van der Waals surface area (Å²) in [6.45, 7) is 1.53. The van der Waals surface area contributed by atoms with Gasteiger partial charge in [-0.3, -0.25) is 24.6 Å². The van der Waals surface area contributed by atoms with E-state index in [1.54, 1.807) is 18.2 Å². The number of imide groups is 1. The molecule has 0 radical (unpaired) electrons. The van der Waals surface area contributed by atoms with Gasteiger partial charge in [0.2, 0.25) is 11.0 Å². The summed E-state index contributed by atoms with van der Waals surface area (Å²) >= 11 is 2.01. The number of aromatic hydroxyl groups is 1. The number of aromatic nitrogens is 2. The van der Waals surface area contributed by atoms with E-state index in [9.17, 15) is 19.5 Å². The number of thioether (sulfide) groups is 1. The Morgan fingerprint density at radius 2 is 2.00 bits per heavy atom. The Bertz CT molecular complexity index is 892. The van der Waals surface area contributed by atoms with Crippen LogP contribution in [0.1, 0.15) is 17.5 Å². The highest BCUT2D eigenvalue weighted by Crippen LogP contribution is 2.32. The zero-order valence-corrected chi connectivity index (χ0v) is 15.3. The number of phenols is 1. The largest absolute Gasteiger partial charge is 0.508 e. The normalized spacial score (nSPS) is 15.7. The molecule has 1 aliphatic rings. The van der Waals surface area contributed by atoms with E-state index < -0.39 is 23.6 Å². The summed E-state index contributed by atoms with van der Waals surface area (Å²) in [5, 5.41) is 20.1. The summed E-state index contributed by atoms with van der Waals surface area (Å²) in [6, 6.07) is 6.21. The lowest BCUT2D eigenvalue weighted by Crippen LogP contribution is -2.36. The van der Waals surface area contributed by atoms with Gasteiger partial charge in [0.15, 0.2) is 0 Å². The summed E-state index contributed by atoms with van der Waals surface area (Å²) in [6.07, 6.45) is 2.25. The molecule has 2 heterocycles. The number of rotatable bonds is 5. The number of amides is 3. The Morgan fingerprint density at radius 3 is 2.65 bits per heavy atom. The monoisotopic (exact) mass is 390 g/mol. The summed E-state index contributed by atoms with van der Waals surface area (Å²) in [7, 11) is 0. The molecular weight excluding hydrogens is 376 g/mol. The number of phenolic OH excluding ortho intramolecular Hbond substituents is 1. The van der Waals surface area contributed by atoms with Gasteiger partial charge in [0, 0.05) is 0 Å². The minimum absolute atomic E-state index is 0.106. The summed E-state index contributed by atoms with van der Waals surface area (Å²) < 4.78 is 0. The Morgan fingerprint density at radius 1 is 1.27 bits per heavy atom. The predicted octanol–water partition coefficient (Wildman–Crippen LogP) is 2.48. The molecule has 134 valence electrons. The maximum absolute atomic E-state index is 12.4. The van der Waals surface area contributed by atoms with Crippen LogP contribution in [0.5, 0.6) is 5.75 Å². The van der Waals surface area contributed by atoms with Crippen molar-refractivity contribution in [3.05, 3.63) is 39.7 Å². The molecule has 26 heavy (non-hydrogen) atoms. The summed E-state index contributed by atoms with van der Waals surface area (Å²) in [5.74, 6) is -0.943. The number of hydrogen-bond acceptors (Lipinski definition) is 8. The molecule has 3 amide bonds. The van der Waals surface area contributed by atoms with Crippen molar-refractivity contribution in [1.29, 1.82) is 0 Å². The molecule has 0 unspecified atom stereocenters. The molecule has 0 aliphatic carbocycles. The van der Waals surface area contributed by atoms with Gasteiger partial charge in [-0.05, 0) is 42.0 Å². The van der Waals surface area contributed by atoms with E-state index in [1.165, 1.54) is 23.5 Å². The maximum Gasteiger partial charge on any atom is 0.294 e. The minimum atomic E-state index is -0.533. The van der Waals surface area contributed by atoms with E-state index >= 15 is 0 Å². The number of aryl methyl sites for hydroxylation is 1. The van der Waals surface area contributed by atoms with Gasteiger partial charge in [-0.25, -0.2) is 0 Å². The molecule has 2 aromatic rings. The van der Waals surface area contributed by atoms with E-state index in [0.717, 1.165) is 21.7 Å². The van der Waals surface area contributed by atoms with Crippen LogP contribution < -0.4 is 5.32 Å². The van der Waals surface area contributed by atoms with Crippen LogP contribution in [0, 0.1) is 0 Å². The first-order chi connectivity index (χ1) is 12.5. The molecule has 1 aromatic heterocycles. The van der Waals surface area contributed by atoms with E-state index in [4.69, 9.17) is 0 Å². The molecule has 3 rings (SSSR count). The summed E-state index contributed by atoms with van der Waals surface area (Å²) in [4.78, 5) is 37.6. The van der Waals surface area contributed by atoms with Crippen molar-refractivity contribution in [2.45, 2.75) is 13.3 Å². The van der Waals surface area contributed by atoms with Crippen LogP contribution in [-0.4, -0.2) is 43.8 Å². The molecular formula is C16H14N4O4S2. The minimum Gasteiger partial charge on any atom is -0.508 e. The quantitative estimate of drug-likeness (QED) is 0.754. The lowest BCUT2D eigenvalue weighted by molar-refractivity contribution is -0.127. The first-order valence-electron chi connectivity index (χ1n) is 7.63. The highest BCUT2D eigenvalue weighted by atomic mass is 32.2. The fourth-order valence-electron chi connectivity index (χ4n) is 2.11. The molecule has 10 heteroatoms. The molecule has 1 aromatic carbocycles. The second kappa shape index (κ2) is 7.67. The third-order valence-corrected chi connectivity index (χ3v) is 5.27. The zero-order valence-electron chi connectivity index (χ0n) is 13.6. The standard InChI is InChI=1S/C16H14N4O4S2/c1-2-13-18-19-15(26-13)17-12(22)8-20-14(23)11(25-16(20)24)7-9-3-5-10(21)6-4-9/h3-7,21H,2,8H2,1H3,(H,17,19,22). The molecule has 1 saturated heterocycles. The second-order valence-corrected chi connectivity index (χ2v) is 7.32. The molecule has 0 bridgehead atoms. The van der Waals surface area contributed by atoms with Crippen molar-refractivity contribution >= 4 is 51.4 Å². The molecule has 8 nitrogen and oxygen atoms in total. The third kappa shape index (κ3) is 4.09. The number of hydrogen-bond donors (Lipinski definition) is 2. The lowest BCUT2D eigenvalue weighted by atomic mass is 10.2. The second-order valence-electron chi connectivity index (χ2n) is 5.26. The Kier molecular flexibility index (Phi) is 5.33. The molecule has 0 atom stereocenters. The third-order valence-electron chi connectivity index (χ3n) is 3.38. The van der Waals surface area contributed by atoms with Gasteiger partial charge < -0.3 is 5.11 Å². The lowest BCUT2D eigenvalue weighted by Gasteiger charge is -2.11. The van der Waals surface area contributed by atoms with Crippen molar-refractivity contribution < 1.29 is 19.5 Å². The highest BCUT2D eigenvalue weighted by Gasteiger charge is 2.36. The van der Waals surface area contributed by atoms with Crippen LogP contribution in [0.3, 0.4) is 0 Å². The first kappa shape index (κ1) is 18.1. The van der Waals surface area contributed by atoms with Crippen molar-refractivity contribution in [2.24, 2.45) is 0 Å². The number of benzene rings is 1. The first-order valence-corrected chi connectivity index (χ1v) is 9.26. The average molecular weight is 390 g/mol. The van der Waals surface area contributed by atoms with Gasteiger partial charge in [-0.15, -0.1) is 10.2 Å². The number of carbonyl (C=O) groups is 3. The van der Waals surface area contributed by atoms with Crippen LogP contribution in [0.4, 0.5) is 9.93 Å². The van der Waals surface area contributed by atoms with Crippen molar-refractivity contribution in [1.82, 2.24) is 15.1 Å². The van der Waals surface area contributed by atoms with Gasteiger partial charge >= 0.3 is 0 Å². The van der Waals surface area contributed by atoms with E-state index in [2.05, 4.69) is 15.5 Å². The molecule has 1 fully saturated rings. The Balaban J connectivity index is 1.66. The van der Waals surface area contributed by atoms with Crippen molar-refractivity contribution in [3.8, 4) is 5.75 Å². The summed E-state index contributed by atoms with van der Waals surface area (Å²) in [5.41, 5.74) is 0.665. The smallest absolute Gasteiger partial charge is 0.294 e. The number of nitrogens with one attached hydrogen (secondary N) is 1. The molecule has 2 N–H and O–H groups in total. The van der Waals surface area contributed by atoms with Crippen molar-refractivity contribution in [2.75, 3.05) is 11.9 Å². The van der Waals surface area contributed by atoms with Gasteiger partial charge in [-0.1, -0.05) is 30.4 Å². The Hall–Kier alpha value is -2.72. The maximum atomic E-state index is 12.4. The Labute approximate surface area is 156 Å². The fraction of sp³-hybridized carbons (Fsp3) is 0.188. The van der Waals surface area contributed by atoms with Gasteiger partial charge in [-0.2, -0.15) is 0 Å². The van der Waals surface area contributed by atoms with Gasteiger partial charge in [0.05, 0.1) is 4.91 Å². The van der Waals surface area contributed by atoms with E-state index in [1.807, 2.05) is 6.92 Å². The number of carbonyl (C=O) groups excluding carboxylic acids is 3. The average Bonchev–Trinajstić information content (AvgIpc) is 3.17. The number of anilines is 1. The van der Waals surface area contributed by atoms with Crippen molar-refractivity contribution in [3.63, 3.8) is 0 Å². The van der Waals surface area contributed by atoms with Crippen LogP contribution in [0.25, 0.3) is 6.08 Å². The number of nitrogens with zero attached hydrogens (tertiary/aromatic N) is 3. The predicted molar refractivity (Wildman–Crippen MR) is 98.7 cm³/mol. The molecule has 0 saturated carbocycles. The highest BCUT2D eigenvalue weighted by molar-refractivity contribution is 8.18. The van der Waals surface area contributed by atoms with Crippen LogP contribution >= 0.6 is 23.1 Å². The SMILES string of the molecule is CCc1nnc(NC(=O)CN2C(=O)SC(=Cc3ccc(O)cc3)C2=O)s1. The topological polar surface area (TPSA) is 112 Å². The van der Waals surface area contributed by atoms with Crippen LogP contribution in [0.2, 0.25) is 0 Å². The fourth-order valence-corrected chi connectivity index (χ4v) is 3.64. The van der Waals surface area contributed by atoms with E-state index in [0.29, 0.717) is 17.1 Å². The molecule has 1 aliphatic heterocycles. The zero-order chi connectivity index (χ0) is 18.7.